The first kappa shape index (κ1) is 15.0. The minimum absolute atomic E-state index is 0.451. The summed E-state index contributed by atoms with van der Waals surface area (Å²) in [5.41, 5.74) is 0. The molecule has 1 aromatic rings. The predicted octanol–water partition coefficient (Wildman–Crippen LogP) is 4.88. The van der Waals surface area contributed by atoms with Crippen LogP contribution in [0.5, 0.6) is 0 Å². The van der Waals surface area contributed by atoms with Crippen molar-refractivity contribution in [1.29, 1.82) is 0 Å². The number of thiophene rings is 1. The Morgan fingerprint density at radius 2 is 2.39 bits per heavy atom. The molecule has 2 heterocycles. The quantitative estimate of drug-likeness (QED) is 0.739. The van der Waals surface area contributed by atoms with Gasteiger partial charge in [-0.3, -0.25) is 0 Å². The lowest BCUT2D eigenvalue weighted by Crippen LogP contribution is -2.21. The molecule has 0 amide bonds. The third-order valence-electron chi connectivity index (χ3n) is 3.26. The molecule has 1 aliphatic heterocycles. The van der Waals surface area contributed by atoms with Gasteiger partial charge in [-0.25, -0.2) is 0 Å². The molecular formula is C13H19Br2NOS. The molecule has 0 radical (unpaired) electrons. The van der Waals surface area contributed by atoms with Crippen molar-refractivity contribution >= 4 is 43.2 Å². The molecule has 18 heavy (non-hydrogen) atoms. The fraction of sp³-hybridized carbons (Fsp3) is 0.692. The Morgan fingerprint density at radius 1 is 1.56 bits per heavy atom. The van der Waals surface area contributed by atoms with E-state index in [0.29, 0.717) is 12.1 Å². The second-order valence-corrected chi connectivity index (χ2v) is 7.85. The number of hydrogen-bond donors (Lipinski definition) is 1. The van der Waals surface area contributed by atoms with Crippen molar-refractivity contribution in [3.8, 4) is 0 Å². The molecule has 1 N–H and O–H groups in total. The van der Waals surface area contributed by atoms with Gasteiger partial charge < -0.3 is 10.1 Å². The molecule has 0 aliphatic carbocycles. The number of hydrogen-bond acceptors (Lipinski definition) is 3. The van der Waals surface area contributed by atoms with Crippen LogP contribution in [0.15, 0.2) is 14.3 Å². The van der Waals surface area contributed by atoms with Gasteiger partial charge in [0, 0.05) is 22.0 Å². The van der Waals surface area contributed by atoms with Crippen molar-refractivity contribution in [1.82, 2.24) is 5.32 Å². The zero-order valence-corrected chi connectivity index (χ0v) is 14.5. The Hall–Kier alpha value is 0.580. The Labute approximate surface area is 130 Å². The minimum atomic E-state index is 0.451. The van der Waals surface area contributed by atoms with E-state index in [-0.39, 0.29) is 0 Å². The molecule has 2 nitrogen and oxygen atoms in total. The molecular weight excluding hydrogens is 378 g/mol. The molecule has 1 fully saturated rings. The zero-order chi connectivity index (χ0) is 13.0. The Bertz CT molecular complexity index is 358. The summed E-state index contributed by atoms with van der Waals surface area (Å²) >= 11 is 8.95. The Morgan fingerprint density at radius 3 is 2.94 bits per heavy atom. The molecule has 102 valence electrons. The van der Waals surface area contributed by atoms with Crippen LogP contribution in [0, 0.1) is 0 Å². The highest BCUT2D eigenvalue weighted by atomic mass is 79.9. The van der Waals surface area contributed by atoms with Crippen molar-refractivity contribution in [2.75, 3.05) is 13.2 Å². The highest BCUT2D eigenvalue weighted by molar-refractivity contribution is 9.13. The topological polar surface area (TPSA) is 21.3 Å². The van der Waals surface area contributed by atoms with Crippen molar-refractivity contribution in [2.24, 2.45) is 0 Å². The van der Waals surface area contributed by atoms with Gasteiger partial charge in [-0.15, -0.1) is 11.3 Å². The standard InChI is InChI=1S/C13H19Br2NOS/c1-2-16-11(6-5-9-4-3-7-17-9)12-8-10(14)13(15)18-12/h8-9,11,16H,2-7H2,1H3. The van der Waals surface area contributed by atoms with Crippen LogP contribution < -0.4 is 5.32 Å². The average molecular weight is 397 g/mol. The van der Waals surface area contributed by atoms with E-state index in [4.69, 9.17) is 4.74 Å². The normalized spacial score (nSPS) is 21.4. The molecule has 0 spiro atoms. The second-order valence-electron chi connectivity index (χ2n) is 4.59. The molecule has 2 atom stereocenters. The van der Waals surface area contributed by atoms with Crippen LogP contribution in [0.1, 0.15) is 43.5 Å². The first-order chi connectivity index (χ1) is 8.70. The first-order valence-corrected chi connectivity index (χ1v) is 8.90. The molecule has 5 heteroatoms. The maximum atomic E-state index is 5.70. The second kappa shape index (κ2) is 7.39. The van der Waals surface area contributed by atoms with Crippen LogP contribution >= 0.6 is 43.2 Å². The fourth-order valence-corrected chi connectivity index (χ4v) is 4.55. The molecule has 1 saturated heterocycles. The maximum Gasteiger partial charge on any atom is 0.0843 e. The van der Waals surface area contributed by atoms with E-state index < -0.39 is 0 Å². The average Bonchev–Trinajstić information content (AvgIpc) is 2.96. The van der Waals surface area contributed by atoms with Crippen molar-refractivity contribution in [3.63, 3.8) is 0 Å². The smallest absolute Gasteiger partial charge is 0.0843 e. The zero-order valence-electron chi connectivity index (χ0n) is 10.5. The van der Waals surface area contributed by atoms with Gasteiger partial charge in [0.25, 0.3) is 0 Å². The van der Waals surface area contributed by atoms with Gasteiger partial charge in [0.1, 0.15) is 0 Å². The maximum absolute atomic E-state index is 5.70. The van der Waals surface area contributed by atoms with E-state index in [1.165, 1.54) is 21.5 Å². The summed E-state index contributed by atoms with van der Waals surface area (Å²) in [5, 5.41) is 3.58. The molecule has 2 rings (SSSR count). The largest absolute Gasteiger partial charge is 0.378 e. The van der Waals surface area contributed by atoms with E-state index in [1.54, 1.807) is 0 Å². The third kappa shape index (κ3) is 4.04. The lowest BCUT2D eigenvalue weighted by Gasteiger charge is -2.18. The summed E-state index contributed by atoms with van der Waals surface area (Å²) in [7, 11) is 0. The van der Waals surface area contributed by atoms with Crippen LogP contribution in [0.25, 0.3) is 0 Å². The van der Waals surface area contributed by atoms with Gasteiger partial charge >= 0.3 is 0 Å². The number of nitrogens with one attached hydrogen (secondary N) is 1. The summed E-state index contributed by atoms with van der Waals surface area (Å²) in [6.07, 6.45) is 5.25. The number of halogens is 2. The van der Waals surface area contributed by atoms with Crippen LogP contribution in [-0.4, -0.2) is 19.3 Å². The lowest BCUT2D eigenvalue weighted by molar-refractivity contribution is 0.0997. The monoisotopic (exact) mass is 395 g/mol. The van der Waals surface area contributed by atoms with Crippen LogP contribution in [-0.2, 0) is 4.74 Å². The molecule has 1 aliphatic rings. The highest BCUT2D eigenvalue weighted by Crippen LogP contribution is 2.37. The summed E-state index contributed by atoms with van der Waals surface area (Å²) < 4.78 is 8.04. The molecule has 1 aromatic heterocycles. The highest BCUT2D eigenvalue weighted by Gasteiger charge is 2.20. The van der Waals surface area contributed by atoms with E-state index in [9.17, 15) is 0 Å². The van der Waals surface area contributed by atoms with E-state index >= 15 is 0 Å². The Kier molecular flexibility index (Phi) is 6.15. The molecule has 0 saturated carbocycles. The number of ether oxygens (including phenoxy) is 1. The van der Waals surface area contributed by atoms with Crippen molar-refractivity contribution in [2.45, 2.75) is 44.8 Å². The molecule has 2 unspecified atom stereocenters. The molecule has 0 bridgehead atoms. The van der Waals surface area contributed by atoms with E-state index in [0.717, 1.165) is 30.5 Å². The van der Waals surface area contributed by atoms with Crippen molar-refractivity contribution < 1.29 is 4.74 Å². The van der Waals surface area contributed by atoms with Crippen molar-refractivity contribution in [3.05, 3.63) is 19.2 Å². The van der Waals surface area contributed by atoms with E-state index in [2.05, 4.69) is 50.2 Å². The third-order valence-corrected chi connectivity index (χ3v) is 6.63. The minimum Gasteiger partial charge on any atom is -0.378 e. The summed E-state index contributed by atoms with van der Waals surface area (Å²) in [6, 6.07) is 2.67. The van der Waals surface area contributed by atoms with E-state index in [1.807, 2.05) is 11.3 Å². The van der Waals surface area contributed by atoms with Crippen LogP contribution in [0.3, 0.4) is 0 Å². The van der Waals surface area contributed by atoms with Gasteiger partial charge in [-0.2, -0.15) is 0 Å². The SMILES string of the molecule is CCNC(CCC1CCCO1)c1cc(Br)c(Br)s1. The summed E-state index contributed by atoms with van der Waals surface area (Å²) in [5.74, 6) is 0. The summed E-state index contributed by atoms with van der Waals surface area (Å²) in [6.45, 7) is 4.12. The molecule has 0 aromatic carbocycles. The summed E-state index contributed by atoms with van der Waals surface area (Å²) in [4.78, 5) is 1.40. The van der Waals surface area contributed by atoms with Gasteiger partial charge in [0.15, 0.2) is 0 Å². The van der Waals surface area contributed by atoms with Crippen LogP contribution in [0.4, 0.5) is 0 Å². The predicted molar refractivity (Wildman–Crippen MR) is 84.3 cm³/mol. The van der Waals surface area contributed by atoms with Gasteiger partial charge in [0.05, 0.1) is 9.89 Å². The number of rotatable bonds is 6. The first-order valence-electron chi connectivity index (χ1n) is 6.50. The van der Waals surface area contributed by atoms with Gasteiger partial charge in [-0.1, -0.05) is 6.92 Å². The van der Waals surface area contributed by atoms with Gasteiger partial charge in [0.2, 0.25) is 0 Å². The van der Waals surface area contributed by atoms with Crippen LogP contribution in [0.2, 0.25) is 0 Å². The Balaban J connectivity index is 1.94. The lowest BCUT2D eigenvalue weighted by atomic mass is 10.0. The van der Waals surface area contributed by atoms with Gasteiger partial charge in [-0.05, 0) is 70.2 Å². The fourth-order valence-electron chi connectivity index (χ4n) is 2.35.